The number of nitrogens with two attached hydrogens (primary N) is 1. The van der Waals surface area contributed by atoms with Gasteiger partial charge in [-0.25, -0.2) is 0 Å². The third-order valence-corrected chi connectivity index (χ3v) is 3.34. The molecule has 1 amide bonds. The van der Waals surface area contributed by atoms with Crippen LogP contribution < -0.4 is 5.73 Å². The topological polar surface area (TPSA) is 59.2 Å². The number of hydrogen-bond acceptors (Lipinski definition) is 3. The molecule has 0 unspecified atom stereocenters. The second-order valence-corrected chi connectivity index (χ2v) is 5.72. The highest BCUT2D eigenvalue weighted by Crippen LogP contribution is 2.16. The molecule has 4 heteroatoms. The Kier molecular flexibility index (Phi) is 5.48. The predicted molar refractivity (Wildman–Crippen MR) is 77.8 cm³/mol. The van der Waals surface area contributed by atoms with E-state index in [-0.39, 0.29) is 11.3 Å². The Labute approximate surface area is 116 Å². The van der Waals surface area contributed by atoms with Crippen LogP contribution >= 0.6 is 0 Å². The van der Waals surface area contributed by atoms with Crippen LogP contribution in [0.2, 0.25) is 0 Å². The largest absolute Gasteiger partial charge is 0.342 e. The fraction of sp³-hybridized carbons (Fsp3) is 0.600. The first-order valence-electron chi connectivity index (χ1n) is 6.78. The number of hydrogen-bond donors (Lipinski definition) is 1. The van der Waals surface area contributed by atoms with E-state index in [1.807, 2.05) is 30.9 Å². The highest BCUT2D eigenvalue weighted by molar-refractivity contribution is 5.78. The summed E-state index contributed by atoms with van der Waals surface area (Å²) in [6.07, 6.45) is 2.09. The molecule has 0 aliphatic carbocycles. The molecule has 0 aliphatic rings. The van der Waals surface area contributed by atoms with E-state index in [0.29, 0.717) is 26.1 Å². The van der Waals surface area contributed by atoms with Crippen molar-refractivity contribution in [1.29, 1.82) is 0 Å². The van der Waals surface area contributed by atoms with Crippen molar-refractivity contribution in [2.24, 2.45) is 11.1 Å². The summed E-state index contributed by atoms with van der Waals surface area (Å²) in [6, 6.07) is 3.87. The van der Waals surface area contributed by atoms with E-state index in [2.05, 4.69) is 18.8 Å². The SMILES string of the molecule is CCN(CC(C)(C)CN)C(=O)Cc1ncccc1C. The molecule has 2 N–H and O–H groups in total. The standard InChI is InChI=1S/C15H25N3O/c1-5-18(11-15(3,4)10-16)14(19)9-13-12(2)7-6-8-17-13/h6-8H,5,9-11,16H2,1-4H3. The van der Waals surface area contributed by atoms with Gasteiger partial charge in [-0.15, -0.1) is 0 Å². The number of carbonyl (C=O) groups excluding carboxylic acids is 1. The molecule has 0 aliphatic heterocycles. The Balaban J connectivity index is 2.72. The zero-order chi connectivity index (χ0) is 14.5. The van der Waals surface area contributed by atoms with Gasteiger partial charge in [-0.3, -0.25) is 9.78 Å². The number of aryl methyl sites for hydroxylation is 1. The molecule has 19 heavy (non-hydrogen) atoms. The summed E-state index contributed by atoms with van der Waals surface area (Å²) in [4.78, 5) is 18.5. The van der Waals surface area contributed by atoms with Gasteiger partial charge in [-0.1, -0.05) is 19.9 Å². The van der Waals surface area contributed by atoms with E-state index < -0.39 is 0 Å². The van der Waals surface area contributed by atoms with Crippen LogP contribution in [0, 0.1) is 12.3 Å². The first kappa shape index (κ1) is 15.6. The van der Waals surface area contributed by atoms with Crippen molar-refractivity contribution in [3.63, 3.8) is 0 Å². The Morgan fingerprint density at radius 2 is 2.16 bits per heavy atom. The average Bonchev–Trinajstić information content (AvgIpc) is 2.38. The number of carbonyl (C=O) groups is 1. The van der Waals surface area contributed by atoms with Crippen molar-refractivity contribution < 1.29 is 4.79 Å². The lowest BCUT2D eigenvalue weighted by Gasteiger charge is -2.31. The van der Waals surface area contributed by atoms with Crippen LogP contribution in [-0.2, 0) is 11.2 Å². The van der Waals surface area contributed by atoms with Crippen LogP contribution in [0.4, 0.5) is 0 Å². The first-order chi connectivity index (χ1) is 8.89. The molecule has 1 aromatic heterocycles. The summed E-state index contributed by atoms with van der Waals surface area (Å²) < 4.78 is 0. The molecule has 0 spiro atoms. The van der Waals surface area contributed by atoms with Crippen molar-refractivity contribution >= 4 is 5.91 Å². The molecule has 0 aromatic carbocycles. The minimum Gasteiger partial charge on any atom is -0.342 e. The van der Waals surface area contributed by atoms with Crippen molar-refractivity contribution in [1.82, 2.24) is 9.88 Å². The maximum atomic E-state index is 12.3. The maximum Gasteiger partial charge on any atom is 0.228 e. The van der Waals surface area contributed by atoms with Crippen molar-refractivity contribution in [3.8, 4) is 0 Å². The van der Waals surface area contributed by atoms with Crippen molar-refractivity contribution in [2.75, 3.05) is 19.6 Å². The lowest BCUT2D eigenvalue weighted by atomic mass is 9.93. The Morgan fingerprint density at radius 3 is 2.68 bits per heavy atom. The average molecular weight is 263 g/mol. The number of amides is 1. The van der Waals surface area contributed by atoms with Gasteiger partial charge in [0, 0.05) is 19.3 Å². The van der Waals surface area contributed by atoms with E-state index in [0.717, 1.165) is 11.3 Å². The second kappa shape index (κ2) is 6.66. The molecular weight excluding hydrogens is 238 g/mol. The zero-order valence-electron chi connectivity index (χ0n) is 12.4. The number of aromatic nitrogens is 1. The molecule has 0 bridgehead atoms. The lowest BCUT2D eigenvalue weighted by molar-refractivity contribution is -0.131. The Bertz CT molecular complexity index is 429. The summed E-state index contributed by atoms with van der Waals surface area (Å²) in [5, 5.41) is 0. The van der Waals surface area contributed by atoms with Crippen molar-refractivity contribution in [2.45, 2.75) is 34.1 Å². The Hall–Kier alpha value is -1.42. The molecule has 0 atom stereocenters. The molecule has 1 aromatic rings. The molecule has 0 radical (unpaired) electrons. The number of rotatable bonds is 6. The van der Waals surface area contributed by atoms with Gasteiger partial charge in [0.1, 0.15) is 0 Å². The van der Waals surface area contributed by atoms with Gasteiger partial charge in [-0.2, -0.15) is 0 Å². The molecule has 0 fully saturated rings. The number of likely N-dealkylation sites (N-methyl/N-ethyl adjacent to an activating group) is 1. The fourth-order valence-corrected chi connectivity index (χ4v) is 1.92. The zero-order valence-corrected chi connectivity index (χ0v) is 12.4. The molecule has 1 heterocycles. The van der Waals surface area contributed by atoms with Gasteiger partial charge in [0.15, 0.2) is 0 Å². The van der Waals surface area contributed by atoms with Gasteiger partial charge >= 0.3 is 0 Å². The van der Waals surface area contributed by atoms with Gasteiger partial charge in [0.2, 0.25) is 5.91 Å². The van der Waals surface area contributed by atoms with E-state index in [4.69, 9.17) is 5.73 Å². The summed E-state index contributed by atoms with van der Waals surface area (Å²) in [5.41, 5.74) is 7.60. The molecular formula is C15H25N3O. The summed E-state index contributed by atoms with van der Waals surface area (Å²) in [7, 11) is 0. The third-order valence-electron chi connectivity index (χ3n) is 3.34. The van der Waals surface area contributed by atoms with Crippen molar-refractivity contribution in [3.05, 3.63) is 29.6 Å². The van der Waals surface area contributed by atoms with Crippen LogP contribution in [0.5, 0.6) is 0 Å². The van der Waals surface area contributed by atoms with Gasteiger partial charge in [0.25, 0.3) is 0 Å². The normalized spacial score (nSPS) is 11.4. The number of nitrogens with zero attached hydrogens (tertiary/aromatic N) is 2. The number of pyridine rings is 1. The molecule has 4 nitrogen and oxygen atoms in total. The van der Waals surface area contributed by atoms with Crippen LogP contribution in [0.1, 0.15) is 32.0 Å². The predicted octanol–water partition coefficient (Wildman–Crippen LogP) is 1.77. The first-order valence-corrected chi connectivity index (χ1v) is 6.78. The van der Waals surface area contributed by atoms with E-state index in [1.165, 1.54) is 0 Å². The molecule has 106 valence electrons. The van der Waals surface area contributed by atoms with Crippen LogP contribution in [-0.4, -0.2) is 35.4 Å². The highest BCUT2D eigenvalue weighted by atomic mass is 16.2. The van der Waals surface area contributed by atoms with Crippen LogP contribution in [0.15, 0.2) is 18.3 Å². The molecule has 0 saturated carbocycles. The van der Waals surface area contributed by atoms with Gasteiger partial charge < -0.3 is 10.6 Å². The monoisotopic (exact) mass is 263 g/mol. The molecule has 1 rings (SSSR count). The second-order valence-electron chi connectivity index (χ2n) is 5.72. The minimum atomic E-state index is -0.0508. The quantitative estimate of drug-likeness (QED) is 0.851. The van der Waals surface area contributed by atoms with E-state index >= 15 is 0 Å². The lowest BCUT2D eigenvalue weighted by Crippen LogP contribution is -2.42. The Morgan fingerprint density at radius 1 is 1.47 bits per heavy atom. The minimum absolute atomic E-state index is 0.0508. The van der Waals surface area contributed by atoms with E-state index in [1.54, 1.807) is 6.20 Å². The van der Waals surface area contributed by atoms with Crippen LogP contribution in [0.3, 0.4) is 0 Å². The summed E-state index contributed by atoms with van der Waals surface area (Å²) >= 11 is 0. The maximum absolute atomic E-state index is 12.3. The van der Waals surface area contributed by atoms with Gasteiger partial charge in [0.05, 0.1) is 12.1 Å². The summed E-state index contributed by atoms with van der Waals surface area (Å²) in [6.45, 7) is 10.1. The molecule has 0 saturated heterocycles. The van der Waals surface area contributed by atoms with Crippen LogP contribution in [0.25, 0.3) is 0 Å². The van der Waals surface area contributed by atoms with Gasteiger partial charge in [-0.05, 0) is 37.4 Å². The smallest absolute Gasteiger partial charge is 0.228 e. The summed E-state index contributed by atoms with van der Waals surface area (Å²) in [5.74, 6) is 0.117. The fourth-order valence-electron chi connectivity index (χ4n) is 1.92. The van der Waals surface area contributed by atoms with E-state index in [9.17, 15) is 4.79 Å². The third kappa shape index (κ3) is 4.63. The highest BCUT2D eigenvalue weighted by Gasteiger charge is 2.23.